The zero-order chi connectivity index (χ0) is 31.8. The summed E-state index contributed by atoms with van der Waals surface area (Å²) in [6.07, 6.45) is -0.111. The molecule has 232 valence electrons. The summed E-state index contributed by atoms with van der Waals surface area (Å²) in [7, 11) is -2.16. The molecular formula is C27H38N4O9S2. The number of carbonyl (C=O) groups excluding carboxylic acids is 4. The first-order valence-electron chi connectivity index (χ1n) is 13.0. The van der Waals surface area contributed by atoms with Gasteiger partial charge >= 0.3 is 12.1 Å². The monoisotopic (exact) mass is 626 g/mol. The Morgan fingerprint density at radius 2 is 1.76 bits per heavy atom. The van der Waals surface area contributed by atoms with E-state index in [2.05, 4.69) is 4.72 Å². The van der Waals surface area contributed by atoms with E-state index >= 15 is 0 Å². The van der Waals surface area contributed by atoms with Gasteiger partial charge in [0.1, 0.15) is 28.3 Å². The highest BCUT2D eigenvalue weighted by atomic mass is 32.2. The molecule has 0 spiro atoms. The van der Waals surface area contributed by atoms with Gasteiger partial charge in [-0.15, -0.1) is 11.8 Å². The van der Waals surface area contributed by atoms with E-state index in [0.29, 0.717) is 10.5 Å². The molecule has 0 aliphatic carbocycles. The molecule has 2 aliphatic heterocycles. The van der Waals surface area contributed by atoms with E-state index in [-0.39, 0.29) is 29.3 Å². The number of benzene rings is 1. The molecule has 1 saturated heterocycles. The van der Waals surface area contributed by atoms with E-state index in [9.17, 15) is 27.6 Å². The number of imide groups is 1. The smallest absolute Gasteiger partial charge is 0.417 e. The molecule has 3 rings (SSSR count). The van der Waals surface area contributed by atoms with Crippen LogP contribution in [-0.2, 0) is 38.6 Å². The van der Waals surface area contributed by atoms with E-state index in [4.69, 9.17) is 19.9 Å². The average Bonchev–Trinajstić information content (AvgIpc) is 2.83. The lowest BCUT2D eigenvalue weighted by Crippen LogP contribution is -2.73. The Morgan fingerprint density at radius 3 is 2.31 bits per heavy atom. The fraction of sp³-hybridized carbons (Fsp3) is 0.556. The van der Waals surface area contributed by atoms with Crippen LogP contribution in [0.1, 0.15) is 53.1 Å². The topological polar surface area (TPSA) is 175 Å². The van der Waals surface area contributed by atoms with Crippen LogP contribution in [0.5, 0.6) is 0 Å². The van der Waals surface area contributed by atoms with Crippen LogP contribution in [0.4, 0.5) is 10.5 Å². The Labute approximate surface area is 250 Å². The number of methoxy groups -OCH3 is 1. The van der Waals surface area contributed by atoms with E-state index in [1.807, 2.05) is 0 Å². The van der Waals surface area contributed by atoms with Crippen molar-refractivity contribution in [1.29, 1.82) is 0 Å². The van der Waals surface area contributed by atoms with Gasteiger partial charge in [0.15, 0.2) is 6.04 Å². The van der Waals surface area contributed by atoms with E-state index in [1.54, 1.807) is 41.5 Å². The summed E-state index contributed by atoms with van der Waals surface area (Å²) < 4.78 is 42.0. The molecule has 1 fully saturated rings. The summed E-state index contributed by atoms with van der Waals surface area (Å²) in [6, 6.07) is 3.04. The lowest BCUT2D eigenvalue weighted by molar-refractivity contribution is -0.163. The van der Waals surface area contributed by atoms with Crippen molar-refractivity contribution < 1.29 is 41.8 Å². The second-order valence-corrected chi connectivity index (χ2v) is 14.8. The lowest BCUT2D eigenvalue weighted by Gasteiger charge is -2.52. The molecule has 42 heavy (non-hydrogen) atoms. The van der Waals surface area contributed by atoms with Crippen LogP contribution in [0.25, 0.3) is 0 Å². The predicted octanol–water partition coefficient (Wildman–Crippen LogP) is 2.35. The molecule has 2 aliphatic rings. The maximum atomic E-state index is 13.8. The number of β-lactam (4-membered cyclic amide) rings is 1. The Balaban J connectivity index is 2.01. The molecule has 1 aromatic rings. The number of carbonyl (C=O) groups is 4. The van der Waals surface area contributed by atoms with Crippen molar-refractivity contribution >= 4 is 51.3 Å². The van der Waals surface area contributed by atoms with Gasteiger partial charge in [-0.05, 0) is 64.8 Å². The Bertz CT molecular complexity index is 1400. The number of nitrogens with one attached hydrogen (secondary N) is 1. The van der Waals surface area contributed by atoms with Crippen LogP contribution in [-0.4, -0.2) is 90.4 Å². The number of nitrogens with zero attached hydrogens (tertiary/aromatic N) is 2. The number of fused-ring (bicyclic) bond motifs is 1. The number of ether oxygens (including phenoxy) is 3. The summed E-state index contributed by atoms with van der Waals surface area (Å²) in [4.78, 5) is 56.1. The third-order valence-corrected chi connectivity index (χ3v) is 7.78. The third-order valence-electron chi connectivity index (χ3n) is 5.85. The number of amides is 3. The summed E-state index contributed by atoms with van der Waals surface area (Å²) in [5.74, 6) is -2.09. The van der Waals surface area contributed by atoms with Crippen molar-refractivity contribution in [3.05, 3.63) is 41.1 Å². The summed E-state index contributed by atoms with van der Waals surface area (Å²) >= 11 is 1.25. The molecule has 3 amide bonds. The standard InChI is InChI=1S/C27H38N4O9S2/c1-26(2,3)39-24(34)19-16(13-38-7)14-41-23-20(22(33)30(19)23)31(25(35)40-27(4,5)6)21(32)18(28)15-10-9-11-17(12-15)29-42(8,36)37/h9-12,18,20,23,29H,13-14,28H2,1-8H3/t18-,20?,23-/m1/s1. The number of esters is 1. The fourth-order valence-electron chi connectivity index (χ4n) is 4.32. The quantitative estimate of drug-likeness (QED) is 0.320. The zero-order valence-corrected chi connectivity index (χ0v) is 26.6. The average molecular weight is 627 g/mol. The largest absolute Gasteiger partial charge is 0.455 e. The van der Waals surface area contributed by atoms with Gasteiger partial charge in [-0.2, -0.15) is 0 Å². The first kappa shape index (κ1) is 33.4. The van der Waals surface area contributed by atoms with E-state index in [1.165, 1.54) is 48.0 Å². The second-order valence-electron chi connectivity index (χ2n) is 11.9. The minimum absolute atomic E-state index is 0.0113. The highest BCUT2D eigenvalue weighted by molar-refractivity contribution is 8.00. The van der Waals surface area contributed by atoms with Gasteiger partial charge in [-0.25, -0.2) is 22.9 Å². The Morgan fingerprint density at radius 1 is 1.14 bits per heavy atom. The van der Waals surface area contributed by atoms with Gasteiger partial charge in [-0.3, -0.25) is 19.2 Å². The molecule has 0 aromatic heterocycles. The second kappa shape index (κ2) is 12.2. The number of rotatable bonds is 8. The minimum Gasteiger partial charge on any atom is -0.455 e. The maximum Gasteiger partial charge on any atom is 0.417 e. The number of hydrogen-bond donors (Lipinski definition) is 2. The van der Waals surface area contributed by atoms with Crippen molar-refractivity contribution in [3.8, 4) is 0 Å². The molecule has 0 bridgehead atoms. The molecule has 2 heterocycles. The van der Waals surface area contributed by atoms with Crippen molar-refractivity contribution in [3.63, 3.8) is 0 Å². The zero-order valence-electron chi connectivity index (χ0n) is 24.9. The van der Waals surface area contributed by atoms with Gasteiger partial charge in [0.05, 0.1) is 12.9 Å². The summed E-state index contributed by atoms with van der Waals surface area (Å²) in [5.41, 5.74) is 5.34. The SMILES string of the molecule is COCC1=C(C(=O)OC(C)(C)C)N2C(=O)C(N(C(=O)OC(C)(C)C)C(=O)[C@H](N)c3cccc(NS(C)(=O)=O)c3)[C@H]2SC1. The van der Waals surface area contributed by atoms with Gasteiger partial charge in [0.2, 0.25) is 10.0 Å². The summed E-state index contributed by atoms with van der Waals surface area (Å²) in [5, 5.41) is -0.817. The van der Waals surface area contributed by atoms with E-state index in [0.717, 1.165) is 6.26 Å². The molecule has 0 saturated carbocycles. The molecule has 0 radical (unpaired) electrons. The number of thioether (sulfide) groups is 1. The maximum absolute atomic E-state index is 13.8. The molecule has 15 heteroatoms. The number of nitrogens with two attached hydrogens (primary N) is 1. The highest BCUT2D eigenvalue weighted by Gasteiger charge is 2.59. The van der Waals surface area contributed by atoms with Crippen LogP contribution < -0.4 is 10.5 Å². The highest BCUT2D eigenvalue weighted by Crippen LogP contribution is 2.44. The molecule has 1 unspecified atom stereocenters. The first-order valence-corrected chi connectivity index (χ1v) is 16.0. The molecule has 1 aromatic carbocycles. The Kier molecular flexibility index (Phi) is 9.71. The molecular weight excluding hydrogens is 588 g/mol. The summed E-state index contributed by atoms with van der Waals surface area (Å²) in [6.45, 7) is 9.99. The van der Waals surface area contributed by atoms with Gasteiger partial charge in [0.25, 0.3) is 11.8 Å². The third kappa shape index (κ3) is 7.82. The van der Waals surface area contributed by atoms with Crippen molar-refractivity contribution in [1.82, 2.24) is 9.80 Å². The van der Waals surface area contributed by atoms with Gasteiger partial charge < -0.3 is 19.9 Å². The fourth-order valence-corrected chi connectivity index (χ4v) is 6.25. The van der Waals surface area contributed by atoms with Crippen molar-refractivity contribution in [2.45, 2.75) is 70.2 Å². The normalized spacial score (nSPS) is 19.8. The molecule has 3 N–H and O–H groups in total. The Hall–Kier alpha value is -3.14. The van der Waals surface area contributed by atoms with Crippen LogP contribution in [0.15, 0.2) is 35.5 Å². The van der Waals surface area contributed by atoms with Crippen LogP contribution in [0.3, 0.4) is 0 Å². The van der Waals surface area contributed by atoms with E-state index < -0.39 is 62.6 Å². The minimum atomic E-state index is -3.62. The number of anilines is 1. The van der Waals surface area contributed by atoms with Gasteiger partial charge in [0, 0.05) is 18.6 Å². The lowest BCUT2D eigenvalue weighted by atomic mass is 9.99. The van der Waals surface area contributed by atoms with Crippen LogP contribution in [0.2, 0.25) is 0 Å². The van der Waals surface area contributed by atoms with Crippen molar-refractivity contribution in [2.75, 3.05) is 30.4 Å². The predicted molar refractivity (Wildman–Crippen MR) is 157 cm³/mol. The number of sulfonamides is 1. The van der Waals surface area contributed by atoms with Gasteiger partial charge in [-0.1, -0.05) is 12.1 Å². The first-order chi connectivity index (χ1) is 19.2. The van der Waals surface area contributed by atoms with Crippen LogP contribution >= 0.6 is 11.8 Å². The van der Waals surface area contributed by atoms with Crippen LogP contribution in [0, 0.1) is 0 Å². The number of hydrogen-bond acceptors (Lipinski definition) is 11. The van der Waals surface area contributed by atoms with Crippen molar-refractivity contribution in [2.24, 2.45) is 5.73 Å². The molecule has 3 atom stereocenters. The molecule has 13 nitrogen and oxygen atoms in total.